The van der Waals surface area contributed by atoms with Crippen LogP contribution in [0.2, 0.25) is 0 Å². The molecule has 12 atom stereocenters. The van der Waals surface area contributed by atoms with Gasteiger partial charge in [-0.25, -0.2) is 9.18 Å². The Balaban J connectivity index is 0.000000179. The molecule has 5 heteroatoms. The van der Waals surface area contributed by atoms with Gasteiger partial charge in [0.2, 0.25) is 0 Å². The number of carbonyl (C=O) groups is 1. The number of aryl methyl sites for hydroxylation is 1. The highest BCUT2D eigenvalue weighted by Gasteiger charge is 2.45. The van der Waals surface area contributed by atoms with Crippen LogP contribution in [0, 0.1) is 71.9 Å². The summed E-state index contributed by atoms with van der Waals surface area (Å²) in [4.78, 5) is 12.4. The average molecular weight is 775 g/mol. The van der Waals surface area contributed by atoms with Crippen molar-refractivity contribution in [2.24, 2.45) is 64.9 Å². The predicted molar refractivity (Wildman–Crippen MR) is 233 cm³/mol. The van der Waals surface area contributed by atoms with Crippen LogP contribution in [0.25, 0.3) is 0 Å². The lowest BCUT2D eigenvalue weighted by Gasteiger charge is -2.40. The Bertz CT molecular complexity index is 1720. The molecule has 6 aliphatic rings. The highest BCUT2D eigenvalue weighted by atomic mass is 19.1. The van der Waals surface area contributed by atoms with Gasteiger partial charge in [-0.2, -0.15) is 0 Å². The Hall–Kier alpha value is -3.44. The lowest BCUT2D eigenvalue weighted by atomic mass is 9.68. The van der Waals surface area contributed by atoms with Gasteiger partial charge in [-0.1, -0.05) is 104 Å². The number of halogens is 1. The fourth-order valence-electron chi connectivity index (χ4n) is 12.4. The number of rotatable bonds is 7. The normalized spacial score (nSPS) is 35.4. The van der Waals surface area contributed by atoms with Gasteiger partial charge in [-0.05, 0) is 186 Å². The summed E-state index contributed by atoms with van der Waals surface area (Å²) in [7, 11) is 0. The van der Waals surface area contributed by atoms with Gasteiger partial charge in [-0.15, -0.1) is 0 Å². The fraction of sp³-hybridized carbons (Fsp3) is 0.596. The minimum absolute atomic E-state index is 0.136. The number of hydrogen-bond acceptors (Lipinski definition) is 3. The molecule has 0 radical (unpaired) electrons. The van der Waals surface area contributed by atoms with Crippen molar-refractivity contribution < 1.29 is 13.9 Å². The van der Waals surface area contributed by atoms with Gasteiger partial charge in [0.15, 0.2) is 0 Å². The zero-order valence-corrected chi connectivity index (χ0v) is 35.7. The molecule has 57 heavy (non-hydrogen) atoms. The zero-order chi connectivity index (χ0) is 40.3. The standard InChI is InChI=1S/C29H41NO2.C23H30FN/c1-19-10-12-21(13-11-19)23-17-26(22-8-6-7-9-22)27(18-23)24-14-20(2)15-25(16-24)30-28(31)32-29(3,4)5;1-15-10-19(12-21(25)11-15)23-14-18(16-6-8-20(24)9-7-16)13-22(23)17-4-2-3-5-17/h6-13,20,22-27H,14-18H2,1-5H3,(H,30,31);2-9,15,17-19,21-23H,10-14,25H2,1H3/t20-,23+,24?,25+,26-,27-;15-,18+,19?,21+,22-,23-/m00/s1. The Morgan fingerprint density at radius 1 is 0.632 bits per heavy atom. The van der Waals surface area contributed by atoms with E-state index in [-0.39, 0.29) is 18.0 Å². The zero-order valence-electron chi connectivity index (χ0n) is 35.7. The molecule has 0 aromatic heterocycles. The molecular formula is C52H71FN2O2. The Morgan fingerprint density at radius 3 is 1.58 bits per heavy atom. The Morgan fingerprint density at radius 2 is 1.09 bits per heavy atom. The molecule has 0 bridgehead atoms. The van der Waals surface area contributed by atoms with Crippen LogP contribution < -0.4 is 11.1 Å². The van der Waals surface area contributed by atoms with Gasteiger partial charge >= 0.3 is 6.09 Å². The molecule has 2 unspecified atom stereocenters. The van der Waals surface area contributed by atoms with E-state index in [0.29, 0.717) is 59.3 Å². The van der Waals surface area contributed by atoms with Gasteiger partial charge in [0, 0.05) is 12.1 Å². The van der Waals surface area contributed by atoms with Crippen LogP contribution in [-0.2, 0) is 4.74 Å². The van der Waals surface area contributed by atoms with Gasteiger partial charge < -0.3 is 15.8 Å². The SMILES string of the molecule is C[C@H]1CC([C@@H]2C[C@H](c3ccc(F)cc3)C[C@H]2C2C=CC=C2)C[C@H](N)C1.Cc1ccc([C@@H]2C[C@@H](C3C=CC=C3)[C@H](C3C[C@H](C)C[C@@H](NC(=O)OC(C)(C)C)C3)C2)cc1. The Kier molecular flexibility index (Phi) is 13.3. The average Bonchev–Trinajstić information content (AvgIpc) is 3.98. The molecule has 2 aromatic rings. The van der Waals surface area contributed by atoms with E-state index in [1.54, 1.807) is 12.1 Å². The van der Waals surface area contributed by atoms with Crippen molar-refractivity contribution in [2.45, 2.75) is 135 Å². The summed E-state index contributed by atoms with van der Waals surface area (Å²) in [5.74, 6) is 7.80. The second-order valence-electron chi connectivity index (χ2n) is 20.4. The number of allylic oxidation sites excluding steroid dienone is 8. The van der Waals surface area contributed by atoms with E-state index >= 15 is 0 Å². The molecule has 0 saturated heterocycles. The van der Waals surface area contributed by atoms with Crippen LogP contribution in [0.4, 0.5) is 9.18 Å². The van der Waals surface area contributed by atoms with Crippen LogP contribution in [0.3, 0.4) is 0 Å². The van der Waals surface area contributed by atoms with Gasteiger partial charge in [0.1, 0.15) is 11.4 Å². The molecule has 4 saturated carbocycles. The number of ether oxygens (including phenoxy) is 1. The molecule has 308 valence electrons. The Labute approximate surface area is 344 Å². The summed E-state index contributed by atoms with van der Waals surface area (Å²) in [6.07, 6.45) is 30.2. The maximum absolute atomic E-state index is 13.3. The summed E-state index contributed by atoms with van der Waals surface area (Å²) in [6.45, 7) is 12.7. The second kappa shape index (κ2) is 18.2. The number of benzene rings is 2. The first-order valence-corrected chi connectivity index (χ1v) is 22.5. The fourth-order valence-corrected chi connectivity index (χ4v) is 12.4. The molecule has 4 nitrogen and oxygen atoms in total. The maximum Gasteiger partial charge on any atom is 0.407 e. The van der Waals surface area contributed by atoms with E-state index in [0.717, 1.165) is 30.6 Å². The van der Waals surface area contributed by atoms with Crippen LogP contribution in [0.15, 0.2) is 97.1 Å². The summed E-state index contributed by atoms with van der Waals surface area (Å²) in [5, 5.41) is 3.20. The molecule has 0 spiro atoms. The lowest BCUT2D eigenvalue weighted by molar-refractivity contribution is 0.0452. The van der Waals surface area contributed by atoms with Crippen molar-refractivity contribution in [1.29, 1.82) is 0 Å². The van der Waals surface area contributed by atoms with Crippen molar-refractivity contribution in [2.75, 3.05) is 0 Å². The highest BCUT2D eigenvalue weighted by Crippen LogP contribution is 2.54. The quantitative estimate of drug-likeness (QED) is 0.294. The topological polar surface area (TPSA) is 64.3 Å². The van der Waals surface area contributed by atoms with Crippen LogP contribution in [0.5, 0.6) is 0 Å². The molecule has 1 amide bonds. The van der Waals surface area contributed by atoms with Crippen molar-refractivity contribution in [3.8, 4) is 0 Å². The van der Waals surface area contributed by atoms with Crippen molar-refractivity contribution in [1.82, 2.24) is 5.32 Å². The van der Waals surface area contributed by atoms with Gasteiger partial charge in [-0.3, -0.25) is 0 Å². The van der Waals surface area contributed by atoms with Gasteiger partial charge in [0.05, 0.1) is 0 Å². The van der Waals surface area contributed by atoms with Crippen molar-refractivity contribution >= 4 is 6.09 Å². The number of amides is 1. The van der Waals surface area contributed by atoms with E-state index in [1.165, 1.54) is 68.1 Å². The van der Waals surface area contributed by atoms with Crippen LogP contribution in [0.1, 0.15) is 127 Å². The van der Waals surface area contributed by atoms with Crippen LogP contribution in [-0.4, -0.2) is 23.8 Å². The van der Waals surface area contributed by atoms with Gasteiger partial charge in [0.25, 0.3) is 0 Å². The monoisotopic (exact) mass is 775 g/mol. The molecule has 6 aliphatic carbocycles. The van der Waals surface area contributed by atoms with Crippen LogP contribution >= 0.6 is 0 Å². The van der Waals surface area contributed by atoms with Crippen molar-refractivity contribution in [3.05, 3.63) is 120 Å². The summed E-state index contributed by atoms with van der Waals surface area (Å²) < 4.78 is 18.9. The molecule has 0 heterocycles. The summed E-state index contributed by atoms with van der Waals surface area (Å²) in [6, 6.07) is 17.0. The minimum Gasteiger partial charge on any atom is -0.444 e. The third kappa shape index (κ3) is 10.8. The largest absolute Gasteiger partial charge is 0.444 e. The number of carbonyl (C=O) groups excluding carboxylic acids is 1. The first kappa shape index (κ1) is 41.7. The number of alkyl carbamates (subject to hydrolysis) is 1. The first-order chi connectivity index (χ1) is 27.3. The molecule has 8 rings (SSSR count). The predicted octanol–water partition coefficient (Wildman–Crippen LogP) is 12.6. The first-order valence-electron chi connectivity index (χ1n) is 22.5. The third-order valence-corrected chi connectivity index (χ3v) is 14.7. The van der Waals surface area contributed by atoms with E-state index in [9.17, 15) is 9.18 Å². The molecule has 3 N–H and O–H groups in total. The highest BCUT2D eigenvalue weighted by molar-refractivity contribution is 5.68. The summed E-state index contributed by atoms with van der Waals surface area (Å²) >= 11 is 0. The minimum atomic E-state index is -0.456. The van der Waals surface area contributed by atoms with E-state index < -0.39 is 5.60 Å². The lowest BCUT2D eigenvalue weighted by Crippen LogP contribution is -2.44. The number of hydrogen-bond donors (Lipinski definition) is 2. The molecular weight excluding hydrogens is 704 g/mol. The maximum atomic E-state index is 13.3. The smallest absolute Gasteiger partial charge is 0.407 e. The van der Waals surface area contributed by atoms with E-state index in [4.69, 9.17) is 10.5 Å². The second-order valence-corrected chi connectivity index (χ2v) is 20.4. The number of nitrogens with one attached hydrogen (secondary N) is 1. The molecule has 4 fully saturated rings. The molecule has 0 aliphatic heterocycles. The number of nitrogens with two attached hydrogens (primary N) is 1. The summed E-state index contributed by atoms with van der Waals surface area (Å²) in [5.41, 5.74) is 10.1. The third-order valence-electron chi connectivity index (χ3n) is 14.7. The van der Waals surface area contributed by atoms with Crippen molar-refractivity contribution in [3.63, 3.8) is 0 Å². The molecule has 2 aromatic carbocycles. The van der Waals surface area contributed by atoms with E-state index in [2.05, 4.69) is 99.0 Å². The van der Waals surface area contributed by atoms with E-state index in [1.807, 2.05) is 32.9 Å².